The van der Waals surface area contributed by atoms with E-state index in [0.29, 0.717) is 37.6 Å². The Morgan fingerprint density at radius 3 is 2.87 bits per heavy atom. The van der Waals surface area contributed by atoms with Crippen molar-refractivity contribution in [1.29, 1.82) is 5.26 Å². The van der Waals surface area contributed by atoms with Crippen molar-refractivity contribution < 1.29 is 4.74 Å². The van der Waals surface area contributed by atoms with E-state index in [0.717, 1.165) is 36.6 Å². The summed E-state index contributed by atoms with van der Waals surface area (Å²) in [6.45, 7) is 3.75. The third-order valence-corrected chi connectivity index (χ3v) is 5.42. The normalized spacial score (nSPS) is 15.9. The number of benzene rings is 1. The maximum Gasteiger partial charge on any atom is 0.180 e. The number of fused-ring (bicyclic) bond motifs is 2. The minimum absolute atomic E-state index is 0.484. The molecule has 2 aromatic rings. The van der Waals surface area contributed by atoms with E-state index in [-0.39, 0.29) is 0 Å². The molecule has 0 amide bonds. The van der Waals surface area contributed by atoms with E-state index in [4.69, 9.17) is 20.4 Å². The van der Waals surface area contributed by atoms with E-state index in [1.165, 1.54) is 17.3 Å². The molecule has 3 heterocycles. The molecule has 2 aliphatic heterocycles. The highest BCUT2D eigenvalue weighted by Gasteiger charge is 2.29. The lowest BCUT2D eigenvalue weighted by molar-refractivity contribution is 0.208. The highest BCUT2D eigenvalue weighted by molar-refractivity contribution is 6.08. The lowest BCUT2D eigenvalue weighted by Gasteiger charge is -2.31. The molecule has 2 N–H and O–H groups in total. The minimum atomic E-state index is 0.484. The molecular weight excluding hydrogens is 378 g/mol. The Morgan fingerprint density at radius 2 is 2.10 bits per heavy atom. The number of allylic oxidation sites excluding steroid dienone is 1. The molecule has 8 nitrogen and oxygen atoms in total. The Bertz CT molecular complexity index is 1020. The molecule has 1 aromatic carbocycles. The Hall–Kier alpha value is -3.44. The number of aromatic nitrogens is 2. The van der Waals surface area contributed by atoms with E-state index >= 15 is 0 Å². The van der Waals surface area contributed by atoms with Crippen LogP contribution in [0.25, 0.3) is 5.57 Å². The summed E-state index contributed by atoms with van der Waals surface area (Å²) in [6, 6.07) is 8.51. The van der Waals surface area contributed by atoms with Gasteiger partial charge in [0.1, 0.15) is 5.82 Å². The quantitative estimate of drug-likeness (QED) is 0.446. The predicted octanol–water partition coefficient (Wildman–Crippen LogP) is 1.85. The second-order valence-electron chi connectivity index (χ2n) is 7.34. The van der Waals surface area contributed by atoms with Gasteiger partial charge in [-0.1, -0.05) is 24.3 Å². The first-order chi connectivity index (χ1) is 14.7. The van der Waals surface area contributed by atoms with Crippen LogP contribution in [0.4, 0.5) is 5.82 Å². The van der Waals surface area contributed by atoms with Crippen molar-refractivity contribution in [1.82, 2.24) is 14.9 Å². The fourth-order valence-corrected chi connectivity index (χ4v) is 3.86. The zero-order valence-electron chi connectivity index (χ0n) is 17.1. The molecule has 154 valence electrons. The summed E-state index contributed by atoms with van der Waals surface area (Å²) >= 11 is 0. The van der Waals surface area contributed by atoms with Crippen LogP contribution in [0.1, 0.15) is 28.2 Å². The molecule has 0 saturated carbocycles. The first-order valence-corrected chi connectivity index (χ1v) is 10.0. The number of ether oxygens (including phenoxy) is 1. The second kappa shape index (κ2) is 8.93. The van der Waals surface area contributed by atoms with Crippen molar-refractivity contribution >= 4 is 17.6 Å². The first kappa shape index (κ1) is 19.9. The molecule has 2 aliphatic rings. The van der Waals surface area contributed by atoms with Crippen LogP contribution in [-0.4, -0.2) is 47.9 Å². The molecular formula is C22H25N7O. The summed E-state index contributed by atoms with van der Waals surface area (Å²) in [5.74, 6) is 1.41. The van der Waals surface area contributed by atoms with E-state index < -0.39 is 0 Å². The zero-order valence-corrected chi connectivity index (χ0v) is 17.1. The summed E-state index contributed by atoms with van der Waals surface area (Å²) in [4.78, 5) is 17.9. The fourth-order valence-electron chi connectivity index (χ4n) is 3.86. The number of nitrogens with two attached hydrogens (primary N) is 1. The van der Waals surface area contributed by atoms with E-state index in [1.807, 2.05) is 0 Å². The van der Waals surface area contributed by atoms with Gasteiger partial charge in [0.15, 0.2) is 12.0 Å². The van der Waals surface area contributed by atoms with Gasteiger partial charge in [-0.2, -0.15) is 5.26 Å². The molecule has 0 radical (unpaired) electrons. The maximum atomic E-state index is 9.41. The molecule has 1 aromatic heterocycles. The van der Waals surface area contributed by atoms with Gasteiger partial charge in [0.2, 0.25) is 0 Å². The number of hydrogen-bond acceptors (Lipinski definition) is 8. The number of nitriles is 1. The van der Waals surface area contributed by atoms with Gasteiger partial charge in [0.05, 0.1) is 37.5 Å². The number of hydrogen-bond donors (Lipinski definition) is 1. The van der Waals surface area contributed by atoms with E-state index in [9.17, 15) is 5.26 Å². The topological polar surface area (TPSA) is 104 Å². The molecule has 0 spiro atoms. The molecule has 0 aliphatic carbocycles. The Kier molecular flexibility index (Phi) is 5.91. The summed E-state index contributed by atoms with van der Waals surface area (Å²) in [6.07, 6.45) is 6.36. The number of anilines is 1. The van der Waals surface area contributed by atoms with Crippen LogP contribution >= 0.6 is 0 Å². The third kappa shape index (κ3) is 3.98. The zero-order chi connectivity index (χ0) is 20.9. The largest absolute Gasteiger partial charge is 0.404 e. The van der Waals surface area contributed by atoms with Crippen LogP contribution in [0.3, 0.4) is 0 Å². The standard InChI is InChI=1S/C22H25N7O/c1-30-9-7-25-11-18(10-23)21-26-20-14-28(15-24)13-19(20)22(27-21)29-8-6-16-4-2-3-5-17(16)12-29/h2-5,10-11H,6-9,12-14,23H2,1H3. The predicted molar refractivity (Wildman–Crippen MR) is 115 cm³/mol. The Labute approximate surface area is 176 Å². The van der Waals surface area contributed by atoms with Gasteiger partial charge in [-0.25, -0.2) is 9.97 Å². The highest BCUT2D eigenvalue weighted by atomic mass is 16.5. The number of aliphatic imine (C=N–C) groups is 1. The lowest BCUT2D eigenvalue weighted by Crippen LogP contribution is -2.32. The monoisotopic (exact) mass is 403 g/mol. The molecule has 0 unspecified atom stereocenters. The van der Waals surface area contributed by atoms with Crippen molar-refractivity contribution in [3.05, 3.63) is 58.7 Å². The maximum absolute atomic E-state index is 9.41. The number of rotatable bonds is 6. The van der Waals surface area contributed by atoms with E-state index in [2.05, 4.69) is 40.4 Å². The van der Waals surface area contributed by atoms with Gasteiger partial charge in [-0.05, 0) is 17.5 Å². The fraction of sp³-hybridized carbons (Fsp3) is 0.364. The van der Waals surface area contributed by atoms with Crippen LogP contribution in [0.5, 0.6) is 0 Å². The van der Waals surface area contributed by atoms with Crippen molar-refractivity contribution in [2.24, 2.45) is 10.7 Å². The molecule has 0 atom stereocenters. The molecule has 30 heavy (non-hydrogen) atoms. The van der Waals surface area contributed by atoms with Gasteiger partial charge >= 0.3 is 0 Å². The molecule has 0 bridgehead atoms. The number of nitrogens with zero attached hydrogens (tertiary/aromatic N) is 6. The van der Waals surface area contributed by atoms with Crippen LogP contribution in [-0.2, 0) is 30.8 Å². The minimum Gasteiger partial charge on any atom is -0.404 e. The summed E-state index contributed by atoms with van der Waals surface area (Å²) in [7, 11) is 1.64. The van der Waals surface area contributed by atoms with Gasteiger partial charge in [-0.3, -0.25) is 4.99 Å². The van der Waals surface area contributed by atoms with Crippen LogP contribution in [0.2, 0.25) is 0 Å². The Morgan fingerprint density at radius 1 is 1.27 bits per heavy atom. The molecule has 0 fully saturated rings. The van der Waals surface area contributed by atoms with Gasteiger partial charge < -0.3 is 20.3 Å². The summed E-state index contributed by atoms with van der Waals surface area (Å²) < 4.78 is 5.04. The first-order valence-electron chi connectivity index (χ1n) is 10.0. The molecule has 0 saturated heterocycles. The average Bonchev–Trinajstić information content (AvgIpc) is 3.21. The average molecular weight is 403 g/mol. The van der Waals surface area contributed by atoms with Crippen LogP contribution in [0, 0.1) is 11.5 Å². The van der Waals surface area contributed by atoms with Crippen LogP contribution < -0.4 is 10.6 Å². The van der Waals surface area contributed by atoms with Gasteiger partial charge in [0.25, 0.3) is 0 Å². The van der Waals surface area contributed by atoms with Crippen molar-refractivity contribution in [2.45, 2.75) is 26.1 Å². The van der Waals surface area contributed by atoms with Crippen molar-refractivity contribution in [3.8, 4) is 6.19 Å². The van der Waals surface area contributed by atoms with Crippen LogP contribution in [0.15, 0.2) is 35.5 Å². The van der Waals surface area contributed by atoms with Gasteiger partial charge in [-0.15, -0.1) is 0 Å². The smallest absolute Gasteiger partial charge is 0.180 e. The van der Waals surface area contributed by atoms with Gasteiger partial charge in [0, 0.05) is 38.2 Å². The summed E-state index contributed by atoms with van der Waals surface area (Å²) in [5, 5.41) is 9.41. The molecule has 4 rings (SSSR count). The third-order valence-electron chi connectivity index (χ3n) is 5.42. The summed E-state index contributed by atoms with van der Waals surface area (Å²) in [5.41, 5.74) is 11.1. The molecule has 8 heteroatoms. The highest BCUT2D eigenvalue weighted by Crippen LogP contribution is 2.32. The van der Waals surface area contributed by atoms with Crippen molar-refractivity contribution in [2.75, 3.05) is 31.7 Å². The Balaban J connectivity index is 1.70. The van der Waals surface area contributed by atoms with Crippen molar-refractivity contribution in [3.63, 3.8) is 0 Å². The second-order valence-corrected chi connectivity index (χ2v) is 7.34. The number of methoxy groups -OCH3 is 1. The SMILES string of the molecule is COCCN=CC(=CN)c1nc2c(c(N3CCc4ccccc4C3)n1)CN(C#N)C2. The lowest BCUT2D eigenvalue weighted by atomic mass is 9.99. The van der Waals surface area contributed by atoms with E-state index in [1.54, 1.807) is 18.2 Å².